The minimum atomic E-state index is 0.554. The monoisotopic (exact) mass is 369 g/mol. The minimum Gasteiger partial charge on any atom is -0.493 e. The van der Waals surface area contributed by atoms with Gasteiger partial charge in [0, 0.05) is 6.54 Å². The van der Waals surface area contributed by atoms with Gasteiger partial charge in [0.2, 0.25) is 0 Å². The van der Waals surface area contributed by atoms with Crippen molar-refractivity contribution in [3.63, 3.8) is 0 Å². The molecule has 3 nitrogen and oxygen atoms in total. The Morgan fingerprint density at radius 1 is 0.889 bits per heavy atom. The normalized spacial score (nSPS) is 10.8. The van der Waals surface area contributed by atoms with E-state index in [0.29, 0.717) is 6.61 Å². The maximum atomic E-state index is 5.99. The van der Waals surface area contributed by atoms with Gasteiger partial charge in [-0.1, -0.05) is 69.4 Å². The van der Waals surface area contributed by atoms with Gasteiger partial charge < -0.3 is 14.8 Å². The van der Waals surface area contributed by atoms with Gasteiger partial charge in [-0.25, -0.2) is 0 Å². The molecule has 27 heavy (non-hydrogen) atoms. The van der Waals surface area contributed by atoms with Crippen molar-refractivity contribution in [2.45, 2.75) is 65.5 Å². The van der Waals surface area contributed by atoms with Gasteiger partial charge in [0.25, 0.3) is 0 Å². The summed E-state index contributed by atoms with van der Waals surface area (Å²) in [5, 5.41) is 3.53. The molecule has 0 fully saturated rings. The molecular weight excluding hydrogens is 334 g/mol. The van der Waals surface area contributed by atoms with E-state index in [0.717, 1.165) is 24.6 Å². The summed E-state index contributed by atoms with van der Waals surface area (Å²) in [7, 11) is 1.70. The third-order valence-corrected chi connectivity index (χ3v) is 4.91. The first-order valence-electron chi connectivity index (χ1n) is 10.3. The summed E-state index contributed by atoms with van der Waals surface area (Å²) in [6, 6.07) is 14.5. The number of rotatable bonds is 13. The average molecular weight is 370 g/mol. The molecule has 0 aliphatic rings. The van der Waals surface area contributed by atoms with E-state index in [1.165, 1.54) is 55.2 Å². The van der Waals surface area contributed by atoms with E-state index in [4.69, 9.17) is 9.47 Å². The fourth-order valence-corrected chi connectivity index (χ4v) is 3.13. The van der Waals surface area contributed by atoms with E-state index in [1.807, 2.05) is 18.2 Å². The number of unbranched alkanes of at least 4 members (excludes halogenated alkanes) is 5. The topological polar surface area (TPSA) is 30.5 Å². The predicted octanol–water partition coefficient (Wildman–Crippen LogP) is 6.03. The van der Waals surface area contributed by atoms with E-state index in [-0.39, 0.29) is 0 Å². The van der Waals surface area contributed by atoms with Crippen LogP contribution in [0.5, 0.6) is 11.5 Å². The maximum absolute atomic E-state index is 5.99. The van der Waals surface area contributed by atoms with Crippen LogP contribution in [0.4, 0.5) is 0 Å². The van der Waals surface area contributed by atoms with Crippen LogP contribution in [0, 0.1) is 6.92 Å². The molecule has 0 heterocycles. The SMILES string of the molecule is CCCCCCCCNCc1ccc(OCc2ccccc2C)c(OC)c1. The Morgan fingerprint density at radius 3 is 2.44 bits per heavy atom. The molecule has 0 bridgehead atoms. The predicted molar refractivity (Wildman–Crippen MR) is 114 cm³/mol. The molecule has 2 rings (SSSR count). The zero-order chi connectivity index (χ0) is 19.3. The van der Waals surface area contributed by atoms with Crippen LogP contribution < -0.4 is 14.8 Å². The van der Waals surface area contributed by atoms with Crippen molar-refractivity contribution in [1.29, 1.82) is 0 Å². The number of benzene rings is 2. The van der Waals surface area contributed by atoms with Gasteiger partial charge in [0.15, 0.2) is 11.5 Å². The van der Waals surface area contributed by atoms with Gasteiger partial charge in [0.05, 0.1) is 7.11 Å². The van der Waals surface area contributed by atoms with Crippen molar-refractivity contribution in [3.8, 4) is 11.5 Å². The second-order valence-corrected chi connectivity index (χ2v) is 7.14. The maximum Gasteiger partial charge on any atom is 0.161 e. The number of hydrogen-bond acceptors (Lipinski definition) is 3. The van der Waals surface area contributed by atoms with Crippen molar-refractivity contribution >= 4 is 0 Å². The highest BCUT2D eigenvalue weighted by molar-refractivity contribution is 5.43. The molecule has 0 radical (unpaired) electrons. The van der Waals surface area contributed by atoms with Crippen LogP contribution >= 0.6 is 0 Å². The smallest absolute Gasteiger partial charge is 0.161 e. The molecule has 0 atom stereocenters. The van der Waals surface area contributed by atoms with Gasteiger partial charge in [0.1, 0.15) is 6.61 Å². The van der Waals surface area contributed by atoms with Gasteiger partial charge in [-0.05, 0) is 48.7 Å². The molecule has 0 aromatic heterocycles. The first-order chi connectivity index (χ1) is 13.2. The zero-order valence-electron chi connectivity index (χ0n) is 17.2. The molecule has 0 saturated carbocycles. The van der Waals surface area contributed by atoms with Crippen LogP contribution in [0.25, 0.3) is 0 Å². The molecule has 0 aliphatic heterocycles. The first-order valence-corrected chi connectivity index (χ1v) is 10.3. The Labute approximate surface area is 165 Å². The van der Waals surface area contributed by atoms with Crippen LogP contribution in [0.15, 0.2) is 42.5 Å². The lowest BCUT2D eigenvalue weighted by molar-refractivity contribution is 0.283. The zero-order valence-corrected chi connectivity index (χ0v) is 17.2. The molecule has 0 saturated heterocycles. The number of nitrogens with one attached hydrogen (secondary N) is 1. The van der Waals surface area contributed by atoms with Crippen molar-refractivity contribution in [1.82, 2.24) is 5.32 Å². The van der Waals surface area contributed by atoms with Gasteiger partial charge in [-0.15, -0.1) is 0 Å². The number of ether oxygens (including phenoxy) is 2. The minimum absolute atomic E-state index is 0.554. The van der Waals surface area contributed by atoms with Crippen LogP contribution in [-0.2, 0) is 13.2 Å². The van der Waals surface area contributed by atoms with Gasteiger partial charge in [-0.2, -0.15) is 0 Å². The highest BCUT2D eigenvalue weighted by Crippen LogP contribution is 2.29. The summed E-state index contributed by atoms with van der Waals surface area (Å²) in [5.74, 6) is 1.59. The second-order valence-electron chi connectivity index (χ2n) is 7.14. The molecule has 0 spiro atoms. The summed E-state index contributed by atoms with van der Waals surface area (Å²) < 4.78 is 11.5. The summed E-state index contributed by atoms with van der Waals surface area (Å²) in [6.07, 6.45) is 7.98. The Hall–Kier alpha value is -2.00. The molecule has 148 valence electrons. The molecule has 1 N–H and O–H groups in total. The quantitative estimate of drug-likeness (QED) is 0.437. The molecule has 3 heteroatoms. The second kappa shape index (κ2) is 12.4. The lowest BCUT2D eigenvalue weighted by Crippen LogP contribution is -2.14. The highest BCUT2D eigenvalue weighted by atomic mass is 16.5. The summed E-state index contributed by atoms with van der Waals surface area (Å²) in [5.41, 5.74) is 3.66. The molecular formula is C24H35NO2. The fraction of sp³-hybridized carbons (Fsp3) is 0.500. The van der Waals surface area contributed by atoms with Gasteiger partial charge >= 0.3 is 0 Å². The molecule has 2 aromatic rings. The Balaban J connectivity index is 1.77. The van der Waals surface area contributed by atoms with E-state index < -0.39 is 0 Å². The highest BCUT2D eigenvalue weighted by Gasteiger charge is 2.07. The molecule has 0 aliphatic carbocycles. The molecule has 0 unspecified atom stereocenters. The van der Waals surface area contributed by atoms with Crippen molar-refractivity contribution < 1.29 is 9.47 Å². The molecule has 2 aromatic carbocycles. The standard InChI is InChI=1S/C24H35NO2/c1-4-5-6-7-8-11-16-25-18-21-14-15-23(24(17-21)26-3)27-19-22-13-10-9-12-20(22)2/h9-10,12-15,17,25H,4-8,11,16,18-19H2,1-3H3. The average Bonchev–Trinajstić information content (AvgIpc) is 2.69. The largest absolute Gasteiger partial charge is 0.493 e. The summed E-state index contributed by atoms with van der Waals surface area (Å²) in [4.78, 5) is 0. The van der Waals surface area contributed by atoms with Crippen LogP contribution in [-0.4, -0.2) is 13.7 Å². The fourth-order valence-electron chi connectivity index (χ4n) is 3.13. The van der Waals surface area contributed by atoms with Crippen LogP contribution in [0.3, 0.4) is 0 Å². The van der Waals surface area contributed by atoms with Crippen LogP contribution in [0.1, 0.15) is 62.1 Å². The van der Waals surface area contributed by atoms with Crippen molar-refractivity contribution in [2.24, 2.45) is 0 Å². The Morgan fingerprint density at radius 2 is 1.67 bits per heavy atom. The summed E-state index contributed by atoms with van der Waals surface area (Å²) >= 11 is 0. The Bertz CT molecular complexity index is 669. The third-order valence-electron chi connectivity index (χ3n) is 4.91. The summed E-state index contributed by atoms with van der Waals surface area (Å²) in [6.45, 7) is 6.85. The number of aryl methyl sites for hydroxylation is 1. The van der Waals surface area contributed by atoms with Gasteiger partial charge in [-0.3, -0.25) is 0 Å². The van der Waals surface area contributed by atoms with Crippen molar-refractivity contribution in [2.75, 3.05) is 13.7 Å². The van der Waals surface area contributed by atoms with E-state index in [2.05, 4.69) is 43.4 Å². The lowest BCUT2D eigenvalue weighted by atomic mass is 10.1. The lowest BCUT2D eigenvalue weighted by Gasteiger charge is -2.13. The van der Waals surface area contributed by atoms with Crippen molar-refractivity contribution in [3.05, 3.63) is 59.2 Å². The molecule has 0 amide bonds. The third kappa shape index (κ3) is 7.64. The Kier molecular flexibility index (Phi) is 9.78. The van der Waals surface area contributed by atoms with Crippen LogP contribution in [0.2, 0.25) is 0 Å². The van der Waals surface area contributed by atoms with E-state index in [1.54, 1.807) is 7.11 Å². The van der Waals surface area contributed by atoms with E-state index >= 15 is 0 Å². The first kappa shape index (κ1) is 21.3. The number of methoxy groups -OCH3 is 1. The van der Waals surface area contributed by atoms with E-state index in [9.17, 15) is 0 Å². The number of hydrogen-bond donors (Lipinski definition) is 1.